The number of hydrogen-bond acceptors (Lipinski definition) is 5. The highest BCUT2D eigenvalue weighted by Crippen LogP contribution is 2.28. The number of carbonyl (C=O) groups is 1. The van der Waals surface area contributed by atoms with Crippen molar-refractivity contribution in [2.75, 3.05) is 0 Å². The number of aromatic nitrogens is 1. The van der Waals surface area contributed by atoms with Crippen molar-refractivity contribution < 1.29 is 13.2 Å². The Kier molecular flexibility index (Phi) is 5.40. The van der Waals surface area contributed by atoms with Crippen molar-refractivity contribution in [2.45, 2.75) is 29.3 Å². The van der Waals surface area contributed by atoms with E-state index < -0.39 is 15.9 Å². The van der Waals surface area contributed by atoms with Gasteiger partial charge in [0.15, 0.2) is 0 Å². The molecule has 3 aromatic rings. The molecule has 152 valence electrons. The zero-order valence-corrected chi connectivity index (χ0v) is 17.6. The number of sulfone groups is 1. The van der Waals surface area contributed by atoms with Crippen LogP contribution in [0.3, 0.4) is 0 Å². The van der Waals surface area contributed by atoms with Crippen LogP contribution in [0.1, 0.15) is 11.1 Å². The molecule has 1 unspecified atom stereocenters. The lowest BCUT2D eigenvalue weighted by molar-refractivity contribution is -0.121. The van der Waals surface area contributed by atoms with Crippen LogP contribution in [0.5, 0.6) is 0 Å². The molecular weight excluding hydrogens is 422 g/mol. The standard InChI is InChI=1S/C22H18ClN3O3S/c1-14-2-7-21(18(23)10-14)30(28,29)17-5-3-15(4-6-17)12-25-22(27)20-11-16-13-24-9-8-19(16)26-20/h2-11,13,20H,12H2,1H3,(H,25,27). The van der Waals surface area contributed by atoms with Crippen LogP contribution >= 0.6 is 11.6 Å². The van der Waals surface area contributed by atoms with Gasteiger partial charge in [-0.3, -0.25) is 14.8 Å². The number of halogens is 1. The Morgan fingerprint density at radius 1 is 1.13 bits per heavy atom. The minimum Gasteiger partial charge on any atom is -0.350 e. The molecule has 0 fully saturated rings. The van der Waals surface area contributed by atoms with Crippen molar-refractivity contribution in [3.63, 3.8) is 0 Å². The first-order valence-electron chi connectivity index (χ1n) is 9.22. The first kappa shape index (κ1) is 20.3. The molecule has 0 radical (unpaired) electrons. The second-order valence-electron chi connectivity index (χ2n) is 6.97. The first-order valence-corrected chi connectivity index (χ1v) is 11.1. The lowest BCUT2D eigenvalue weighted by Crippen LogP contribution is -2.31. The smallest absolute Gasteiger partial charge is 0.249 e. The van der Waals surface area contributed by atoms with E-state index in [9.17, 15) is 13.2 Å². The summed E-state index contributed by atoms with van der Waals surface area (Å²) >= 11 is 6.13. The molecule has 4 rings (SSSR count). The minimum absolute atomic E-state index is 0.0725. The van der Waals surface area contributed by atoms with Crippen molar-refractivity contribution in [3.8, 4) is 0 Å². The van der Waals surface area contributed by atoms with Crippen molar-refractivity contribution in [3.05, 3.63) is 87.7 Å². The van der Waals surface area contributed by atoms with Crippen LogP contribution in [0, 0.1) is 6.92 Å². The van der Waals surface area contributed by atoms with E-state index in [1.165, 1.54) is 18.2 Å². The predicted octanol–water partition coefficient (Wildman–Crippen LogP) is 1.97. The number of hydrogen-bond donors (Lipinski definition) is 1. The molecule has 1 aliphatic heterocycles. The normalized spacial score (nSPS) is 15.1. The Morgan fingerprint density at radius 3 is 2.60 bits per heavy atom. The number of carbonyl (C=O) groups excluding carboxylic acids is 1. The number of nitrogens with one attached hydrogen (secondary N) is 1. The van der Waals surface area contributed by atoms with Gasteiger partial charge in [-0.1, -0.05) is 29.8 Å². The third-order valence-electron chi connectivity index (χ3n) is 4.79. The molecule has 1 aromatic heterocycles. The Bertz CT molecular complexity index is 1320. The molecule has 1 N–H and O–H groups in total. The topological polar surface area (TPSA) is 88.5 Å². The van der Waals surface area contributed by atoms with Crippen LogP contribution in [-0.2, 0) is 21.2 Å². The third-order valence-corrected chi connectivity index (χ3v) is 7.04. The predicted molar refractivity (Wildman–Crippen MR) is 113 cm³/mol. The zero-order chi connectivity index (χ0) is 21.3. The SMILES string of the molecule is Cc1ccc(S(=O)(=O)c2ccc(CNC(=O)C3C=c4cnccc4=N3)cc2)c(Cl)c1. The molecule has 6 nitrogen and oxygen atoms in total. The largest absolute Gasteiger partial charge is 0.350 e. The lowest BCUT2D eigenvalue weighted by atomic mass is 10.2. The van der Waals surface area contributed by atoms with Gasteiger partial charge in [0.05, 0.1) is 20.2 Å². The van der Waals surface area contributed by atoms with Crippen molar-refractivity contribution in [2.24, 2.45) is 4.99 Å². The van der Waals surface area contributed by atoms with E-state index in [1.807, 2.05) is 6.92 Å². The Balaban J connectivity index is 1.45. The van der Waals surface area contributed by atoms with Gasteiger partial charge in [0, 0.05) is 24.2 Å². The summed E-state index contributed by atoms with van der Waals surface area (Å²) in [4.78, 5) is 21.0. The summed E-state index contributed by atoms with van der Waals surface area (Å²) in [6.07, 6.45) is 5.07. The fraction of sp³-hybridized carbons (Fsp3) is 0.136. The number of nitrogens with zero attached hydrogens (tertiary/aromatic N) is 2. The Morgan fingerprint density at radius 2 is 1.90 bits per heavy atom. The Hall–Kier alpha value is -3.03. The maximum absolute atomic E-state index is 12.8. The highest BCUT2D eigenvalue weighted by atomic mass is 35.5. The van der Waals surface area contributed by atoms with Gasteiger partial charge < -0.3 is 5.32 Å². The van der Waals surface area contributed by atoms with E-state index in [1.54, 1.807) is 48.8 Å². The van der Waals surface area contributed by atoms with E-state index in [0.717, 1.165) is 21.7 Å². The summed E-state index contributed by atoms with van der Waals surface area (Å²) in [6, 6.07) is 12.4. The number of aryl methyl sites for hydroxylation is 1. The van der Waals surface area contributed by atoms with Gasteiger partial charge in [-0.15, -0.1) is 0 Å². The molecule has 1 atom stereocenters. The molecule has 30 heavy (non-hydrogen) atoms. The number of fused-ring (bicyclic) bond motifs is 1. The summed E-state index contributed by atoms with van der Waals surface area (Å²) in [6.45, 7) is 2.11. The molecule has 0 bridgehead atoms. The summed E-state index contributed by atoms with van der Waals surface area (Å²) in [7, 11) is -3.72. The molecule has 2 heterocycles. The van der Waals surface area contributed by atoms with Crippen LogP contribution in [-0.4, -0.2) is 25.4 Å². The quantitative estimate of drug-likeness (QED) is 0.658. The molecule has 0 saturated heterocycles. The van der Waals surface area contributed by atoms with Gasteiger partial charge in [0.2, 0.25) is 15.7 Å². The number of benzene rings is 2. The van der Waals surface area contributed by atoms with Crippen LogP contribution < -0.4 is 15.9 Å². The van der Waals surface area contributed by atoms with Crippen LogP contribution in [0.4, 0.5) is 0 Å². The van der Waals surface area contributed by atoms with Gasteiger partial charge in [0.1, 0.15) is 6.04 Å². The molecule has 8 heteroatoms. The zero-order valence-electron chi connectivity index (χ0n) is 16.0. The summed E-state index contributed by atoms with van der Waals surface area (Å²) in [5, 5.41) is 4.60. The van der Waals surface area contributed by atoms with Crippen LogP contribution in [0.15, 0.2) is 75.7 Å². The molecule has 2 aromatic carbocycles. The molecule has 1 aliphatic rings. The van der Waals surface area contributed by atoms with Gasteiger partial charge in [-0.25, -0.2) is 8.42 Å². The van der Waals surface area contributed by atoms with E-state index in [0.29, 0.717) is 0 Å². The van der Waals surface area contributed by atoms with Gasteiger partial charge in [-0.2, -0.15) is 0 Å². The highest BCUT2D eigenvalue weighted by molar-refractivity contribution is 7.91. The fourth-order valence-corrected chi connectivity index (χ4v) is 5.02. The molecule has 0 spiro atoms. The first-order chi connectivity index (χ1) is 14.3. The van der Waals surface area contributed by atoms with E-state index in [2.05, 4.69) is 15.3 Å². The van der Waals surface area contributed by atoms with Gasteiger partial charge in [-0.05, 0) is 54.5 Å². The van der Waals surface area contributed by atoms with E-state index in [4.69, 9.17) is 11.6 Å². The van der Waals surface area contributed by atoms with E-state index >= 15 is 0 Å². The third kappa shape index (κ3) is 3.99. The summed E-state index contributed by atoms with van der Waals surface area (Å²) in [5.41, 5.74) is 1.66. The minimum atomic E-state index is -3.72. The lowest BCUT2D eigenvalue weighted by Gasteiger charge is -2.10. The van der Waals surface area contributed by atoms with Gasteiger partial charge >= 0.3 is 0 Å². The molecular formula is C22H18ClN3O3S. The average Bonchev–Trinajstić information content (AvgIpc) is 3.16. The van der Waals surface area contributed by atoms with E-state index in [-0.39, 0.29) is 27.3 Å². The molecule has 1 amide bonds. The van der Waals surface area contributed by atoms with Crippen LogP contribution in [0.25, 0.3) is 6.08 Å². The summed E-state index contributed by atoms with van der Waals surface area (Å²) in [5.74, 6) is -0.227. The Labute approximate surface area is 178 Å². The van der Waals surface area contributed by atoms with Crippen molar-refractivity contribution in [1.82, 2.24) is 10.3 Å². The summed E-state index contributed by atoms with van der Waals surface area (Å²) < 4.78 is 25.7. The maximum atomic E-state index is 12.8. The maximum Gasteiger partial charge on any atom is 0.249 e. The number of amides is 1. The van der Waals surface area contributed by atoms with Crippen molar-refractivity contribution >= 4 is 33.4 Å². The van der Waals surface area contributed by atoms with Crippen LogP contribution in [0.2, 0.25) is 5.02 Å². The second-order valence-corrected chi connectivity index (χ2v) is 9.30. The molecule has 0 aliphatic carbocycles. The monoisotopic (exact) mass is 439 g/mol. The average molecular weight is 440 g/mol. The highest BCUT2D eigenvalue weighted by Gasteiger charge is 2.21. The molecule has 0 saturated carbocycles. The number of pyridine rings is 1. The van der Waals surface area contributed by atoms with Gasteiger partial charge in [0.25, 0.3) is 0 Å². The van der Waals surface area contributed by atoms with Crippen molar-refractivity contribution in [1.29, 1.82) is 0 Å². The fourth-order valence-electron chi connectivity index (χ4n) is 3.17. The number of rotatable bonds is 5. The second kappa shape index (κ2) is 8.01.